The Morgan fingerprint density at radius 3 is 2.67 bits per heavy atom. The number of anilines is 3. The van der Waals surface area contributed by atoms with Gasteiger partial charge in [-0.2, -0.15) is 13.2 Å². The van der Waals surface area contributed by atoms with Crippen molar-refractivity contribution >= 4 is 23.0 Å². The average molecular weight is 338 g/mol. The van der Waals surface area contributed by atoms with E-state index in [0.717, 1.165) is 19.0 Å². The molecule has 0 unspecified atom stereocenters. The van der Waals surface area contributed by atoms with Gasteiger partial charge in [0.15, 0.2) is 0 Å². The van der Waals surface area contributed by atoms with E-state index in [1.807, 2.05) is 12.1 Å². The number of carbonyl (C=O) groups excluding carboxylic acids is 1. The number of amides is 1. The molecular weight excluding hydrogens is 321 g/mol. The molecule has 1 heterocycles. The fourth-order valence-electron chi connectivity index (χ4n) is 2.11. The van der Waals surface area contributed by atoms with E-state index in [-0.39, 0.29) is 11.4 Å². The Labute approximate surface area is 137 Å². The molecule has 0 saturated carbocycles. The molecule has 8 heteroatoms. The number of pyridine rings is 1. The number of rotatable bonds is 5. The highest BCUT2D eigenvalue weighted by Gasteiger charge is 2.41. The molecule has 0 spiro atoms. The summed E-state index contributed by atoms with van der Waals surface area (Å²) < 4.78 is 37.4. The number of hydrogen-bond donors (Lipinski definition) is 2. The van der Waals surface area contributed by atoms with Crippen molar-refractivity contribution in [1.29, 1.82) is 0 Å². The first kappa shape index (κ1) is 17.6. The predicted octanol–water partition coefficient (Wildman–Crippen LogP) is 2.84. The van der Waals surface area contributed by atoms with Crippen LogP contribution in [-0.2, 0) is 11.2 Å². The lowest BCUT2D eigenvalue weighted by Crippen LogP contribution is -2.38. The monoisotopic (exact) mass is 338 g/mol. The molecule has 0 aliphatic carbocycles. The van der Waals surface area contributed by atoms with Crippen LogP contribution in [0.2, 0.25) is 0 Å². The molecule has 2 rings (SSSR count). The molecule has 0 aliphatic heterocycles. The van der Waals surface area contributed by atoms with E-state index in [4.69, 9.17) is 5.73 Å². The lowest BCUT2D eigenvalue weighted by molar-refractivity contribution is -0.170. The van der Waals surface area contributed by atoms with Gasteiger partial charge in [0.1, 0.15) is 0 Å². The maximum Gasteiger partial charge on any atom is 0.471 e. The number of nitrogens with zero attached hydrogens (tertiary/aromatic N) is 2. The van der Waals surface area contributed by atoms with Gasteiger partial charge in [0.25, 0.3) is 0 Å². The minimum absolute atomic E-state index is 0.0765. The first-order valence-electron chi connectivity index (χ1n) is 7.16. The molecular formula is C16H17F3N4O. The molecule has 128 valence electrons. The van der Waals surface area contributed by atoms with Crippen molar-refractivity contribution in [2.45, 2.75) is 12.6 Å². The number of nitrogens with two attached hydrogens (primary N) is 1. The summed E-state index contributed by atoms with van der Waals surface area (Å²) in [4.78, 5) is 15.8. The van der Waals surface area contributed by atoms with E-state index in [1.165, 1.54) is 12.1 Å². The summed E-state index contributed by atoms with van der Waals surface area (Å²) in [7, 11) is 1.06. The van der Waals surface area contributed by atoms with Gasteiger partial charge in [-0.25, -0.2) is 0 Å². The van der Waals surface area contributed by atoms with Crippen molar-refractivity contribution in [3.8, 4) is 0 Å². The molecule has 0 saturated heterocycles. The topological polar surface area (TPSA) is 71.2 Å². The van der Waals surface area contributed by atoms with Crippen LogP contribution in [0.3, 0.4) is 0 Å². The molecule has 0 radical (unpaired) electrons. The second kappa shape index (κ2) is 7.20. The minimum Gasteiger partial charge on any atom is -0.397 e. The van der Waals surface area contributed by atoms with Gasteiger partial charge in [0.05, 0.1) is 11.4 Å². The van der Waals surface area contributed by atoms with Gasteiger partial charge in [-0.1, -0.05) is 6.07 Å². The van der Waals surface area contributed by atoms with Gasteiger partial charge in [-0.3, -0.25) is 9.78 Å². The summed E-state index contributed by atoms with van der Waals surface area (Å²) in [5.74, 6) is -1.95. The third-order valence-electron chi connectivity index (χ3n) is 3.42. The summed E-state index contributed by atoms with van der Waals surface area (Å²) in [6.45, 7) is 0.590. The van der Waals surface area contributed by atoms with Gasteiger partial charge in [-0.15, -0.1) is 0 Å². The Bertz CT molecular complexity index is 704. The highest BCUT2D eigenvalue weighted by molar-refractivity contribution is 5.97. The van der Waals surface area contributed by atoms with Crippen LogP contribution >= 0.6 is 0 Å². The maximum atomic E-state index is 12.5. The van der Waals surface area contributed by atoms with E-state index in [0.29, 0.717) is 17.1 Å². The molecule has 1 aromatic heterocycles. The number of benzene rings is 1. The lowest BCUT2D eigenvalue weighted by Gasteiger charge is -2.20. The van der Waals surface area contributed by atoms with Gasteiger partial charge < -0.3 is 16.0 Å². The van der Waals surface area contributed by atoms with Crippen molar-refractivity contribution in [3.63, 3.8) is 0 Å². The second-order valence-corrected chi connectivity index (χ2v) is 5.17. The van der Waals surface area contributed by atoms with Crippen LogP contribution in [0, 0.1) is 0 Å². The van der Waals surface area contributed by atoms with Crippen molar-refractivity contribution in [3.05, 3.63) is 48.3 Å². The fraction of sp³-hybridized carbons (Fsp3) is 0.250. The summed E-state index contributed by atoms with van der Waals surface area (Å²) in [5, 5.41) is 3.11. The van der Waals surface area contributed by atoms with Gasteiger partial charge >= 0.3 is 12.1 Å². The molecule has 1 aromatic carbocycles. The van der Waals surface area contributed by atoms with Crippen LogP contribution in [0.1, 0.15) is 5.56 Å². The van der Waals surface area contributed by atoms with Gasteiger partial charge in [-0.05, 0) is 36.2 Å². The van der Waals surface area contributed by atoms with Crippen LogP contribution < -0.4 is 16.0 Å². The minimum atomic E-state index is -4.93. The maximum absolute atomic E-state index is 12.5. The van der Waals surface area contributed by atoms with E-state index in [2.05, 4.69) is 10.3 Å². The number of aromatic nitrogens is 1. The van der Waals surface area contributed by atoms with Crippen LogP contribution in [0.5, 0.6) is 0 Å². The van der Waals surface area contributed by atoms with Crippen LogP contribution in [0.25, 0.3) is 0 Å². The predicted molar refractivity (Wildman–Crippen MR) is 86.8 cm³/mol. The van der Waals surface area contributed by atoms with Gasteiger partial charge in [0.2, 0.25) is 0 Å². The molecule has 5 nitrogen and oxygen atoms in total. The Morgan fingerprint density at radius 1 is 1.33 bits per heavy atom. The third kappa shape index (κ3) is 4.37. The first-order valence-corrected chi connectivity index (χ1v) is 7.16. The number of nitrogens with one attached hydrogen (secondary N) is 1. The smallest absolute Gasteiger partial charge is 0.397 e. The zero-order valence-electron chi connectivity index (χ0n) is 13.0. The molecule has 0 fully saturated rings. The molecule has 1 amide bonds. The molecule has 0 aliphatic rings. The van der Waals surface area contributed by atoms with Crippen molar-refractivity contribution < 1.29 is 18.0 Å². The first-order chi connectivity index (χ1) is 11.3. The summed E-state index contributed by atoms with van der Waals surface area (Å²) in [6.07, 6.45) is -0.760. The van der Waals surface area contributed by atoms with Crippen LogP contribution in [0.15, 0.2) is 42.7 Å². The Kier molecular flexibility index (Phi) is 5.28. The van der Waals surface area contributed by atoms with Crippen LogP contribution in [0.4, 0.5) is 30.2 Å². The standard InChI is InChI=1S/C16H17F3N4O/c1-23(15(24)16(17,18)19)12-4-5-14(13(20)9-12)22-8-6-11-3-2-7-21-10-11/h2-5,7,9-10,22H,6,8,20H2,1H3. The van der Waals surface area contributed by atoms with Crippen molar-refractivity contribution in [1.82, 2.24) is 4.98 Å². The number of nitrogen functional groups attached to an aromatic ring is 1. The van der Waals surface area contributed by atoms with Gasteiger partial charge in [0, 0.05) is 31.7 Å². The number of carbonyl (C=O) groups is 1. The zero-order chi connectivity index (χ0) is 17.7. The molecule has 0 atom stereocenters. The highest BCUT2D eigenvalue weighted by Crippen LogP contribution is 2.27. The lowest BCUT2D eigenvalue weighted by atomic mass is 10.2. The molecule has 2 aromatic rings. The van der Waals surface area contributed by atoms with Crippen LogP contribution in [-0.4, -0.2) is 30.7 Å². The normalized spacial score (nSPS) is 11.2. The second-order valence-electron chi connectivity index (χ2n) is 5.17. The highest BCUT2D eigenvalue weighted by atomic mass is 19.4. The number of hydrogen-bond acceptors (Lipinski definition) is 4. The third-order valence-corrected chi connectivity index (χ3v) is 3.42. The SMILES string of the molecule is CN(C(=O)C(F)(F)F)c1ccc(NCCc2cccnc2)c(N)c1. The van der Waals surface area contributed by atoms with E-state index in [1.54, 1.807) is 18.5 Å². The molecule has 3 N–H and O–H groups in total. The quantitative estimate of drug-likeness (QED) is 0.823. The Morgan fingerprint density at radius 2 is 2.08 bits per heavy atom. The number of alkyl halides is 3. The Hall–Kier alpha value is -2.77. The molecule has 24 heavy (non-hydrogen) atoms. The zero-order valence-corrected chi connectivity index (χ0v) is 13.0. The Balaban J connectivity index is 2.00. The largest absolute Gasteiger partial charge is 0.471 e. The van der Waals surface area contributed by atoms with E-state index < -0.39 is 12.1 Å². The average Bonchev–Trinajstić information content (AvgIpc) is 2.55. The van der Waals surface area contributed by atoms with E-state index >= 15 is 0 Å². The van der Waals surface area contributed by atoms with E-state index in [9.17, 15) is 18.0 Å². The fourth-order valence-corrected chi connectivity index (χ4v) is 2.11. The summed E-state index contributed by atoms with van der Waals surface area (Å²) in [6, 6.07) is 8.07. The molecule has 0 bridgehead atoms. The summed E-state index contributed by atoms with van der Waals surface area (Å²) in [5.41, 5.74) is 7.84. The van der Waals surface area contributed by atoms with Crippen molar-refractivity contribution in [2.75, 3.05) is 29.5 Å². The van der Waals surface area contributed by atoms with Crippen molar-refractivity contribution in [2.24, 2.45) is 0 Å². The summed E-state index contributed by atoms with van der Waals surface area (Å²) >= 11 is 0. The number of halogens is 3.